The lowest BCUT2D eigenvalue weighted by atomic mass is 10.9. The highest BCUT2D eigenvalue weighted by molar-refractivity contribution is 6.42. The van der Waals surface area contributed by atoms with Crippen LogP contribution in [0.1, 0.15) is 6.92 Å². The fraction of sp³-hybridized carbons (Fsp3) is 1.00. The van der Waals surface area contributed by atoms with Crippen LogP contribution in [-0.4, -0.2) is 10.5 Å². The van der Waals surface area contributed by atoms with Crippen molar-refractivity contribution >= 4 is 34.8 Å². The van der Waals surface area contributed by atoms with Crippen LogP contribution >= 0.6 is 34.8 Å². The molecule has 0 atom stereocenters. The SMILES string of the molecule is CC(F)(F)Cl.FC(Cl)Cl. The summed E-state index contributed by atoms with van der Waals surface area (Å²) in [5, 5.41) is -4.75. The molecular weight excluding hydrogens is 199 g/mol. The van der Waals surface area contributed by atoms with Crippen LogP contribution in [0.3, 0.4) is 0 Å². The van der Waals surface area contributed by atoms with E-state index in [9.17, 15) is 13.2 Å². The number of hydrogen-bond acceptors (Lipinski definition) is 0. The molecular formula is C3H4Cl3F3. The van der Waals surface area contributed by atoms with Crippen LogP contribution in [0.5, 0.6) is 0 Å². The Labute approximate surface area is 65.9 Å². The second-order valence-electron chi connectivity index (χ2n) is 1.03. The summed E-state index contributed by atoms with van der Waals surface area (Å²) < 4.78 is 32.1. The van der Waals surface area contributed by atoms with E-state index in [4.69, 9.17) is 0 Å². The lowest BCUT2D eigenvalue weighted by Gasteiger charge is -1.90. The third-order valence-corrected chi connectivity index (χ3v) is 0. The lowest BCUT2D eigenvalue weighted by molar-refractivity contribution is 0.119. The van der Waals surface area contributed by atoms with E-state index in [0.717, 1.165) is 0 Å². The molecule has 0 aliphatic rings. The van der Waals surface area contributed by atoms with Gasteiger partial charge >= 0.3 is 5.38 Å². The van der Waals surface area contributed by atoms with E-state index in [1.807, 2.05) is 0 Å². The van der Waals surface area contributed by atoms with Gasteiger partial charge in [-0.25, -0.2) is 4.39 Å². The minimum Gasteiger partial charge on any atom is -0.212 e. The zero-order chi connectivity index (χ0) is 8.08. The largest absolute Gasteiger partial charge is 0.318 e. The minimum absolute atomic E-state index is 0.620. The van der Waals surface area contributed by atoms with E-state index in [1.165, 1.54) is 0 Å². The fourth-order valence-corrected chi connectivity index (χ4v) is 0. The molecule has 0 nitrogen and oxygen atoms in total. The van der Waals surface area contributed by atoms with Crippen LogP contribution in [0, 0.1) is 0 Å². The minimum atomic E-state index is -3.03. The molecule has 0 aliphatic heterocycles. The molecule has 0 saturated heterocycles. The van der Waals surface area contributed by atoms with Crippen molar-refractivity contribution in [1.29, 1.82) is 0 Å². The molecule has 0 unspecified atom stereocenters. The van der Waals surface area contributed by atoms with Crippen LogP contribution in [0.15, 0.2) is 0 Å². The predicted molar refractivity (Wildman–Crippen MR) is 33.1 cm³/mol. The monoisotopic (exact) mass is 202 g/mol. The summed E-state index contributed by atoms with van der Waals surface area (Å²) >= 11 is 12.9. The van der Waals surface area contributed by atoms with Gasteiger partial charge in [-0.1, -0.05) is 23.2 Å². The Kier molecular flexibility index (Phi) is 7.47. The molecule has 58 valence electrons. The second kappa shape index (κ2) is 5.45. The molecule has 0 amide bonds. The fourth-order valence-electron chi connectivity index (χ4n) is 0. The maximum absolute atomic E-state index is 10.8. The summed E-state index contributed by atoms with van der Waals surface area (Å²) in [5.74, 6) is 0. The first kappa shape index (κ1) is 12.3. The third-order valence-electron chi connectivity index (χ3n) is 0. The summed E-state index contributed by atoms with van der Waals surface area (Å²) in [6.07, 6.45) is 0. The quantitative estimate of drug-likeness (QED) is 0.528. The van der Waals surface area contributed by atoms with Crippen molar-refractivity contribution in [3.8, 4) is 0 Å². The highest BCUT2D eigenvalue weighted by Crippen LogP contribution is 2.15. The van der Waals surface area contributed by atoms with Crippen molar-refractivity contribution in [2.45, 2.75) is 17.4 Å². The summed E-state index contributed by atoms with van der Waals surface area (Å²) in [4.78, 5) is 0. The molecule has 0 aromatic heterocycles. The molecule has 0 aromatic rings. The van der Waals surface area contributed by atoms with Gasteiger partial charge < -0.3 is 0 Å². The van der Waals surface area contributed by atoms with Gasteiger partial charge in [0.15, 0.2) is 0 Å². The zero-order valence-corrected chi connectivity index (χ0v) is 6.61. The van der Waals surface area contributed by atoms with Gasteiger partial charge in [0.25, 0.3) is 0 Å². The van der Waals surface area contributed by atoms with Gasteiger partial charge in [0.1, 0.15) is 0 Å². The van der Waals surface area contributed by atoms with Crippen LogP contribution in [0.25, 0.3) is 0 Å². The maximum Gasteiger partial charge on any atom is 0.318 e. The van der Waals surface area contributed by atoms with Crippen LogP contribution in [0.4, 0.5) is 13.2 Å². The van der Waals surface area contributed by atoms with Crippen molar-refractivity contribution in [1.82, 2.24) is 0 Å². The first-order valence-corrected chi connectivity index (χ1v) is 2.97. The molecule has 0 heterocycles. The number of hydrogen-bond donors (Lipinski definition) is 0. The Hall–Kier alpha value is 0.660. The Morgan fingerprint density at radius 1 is 1.33 bits per heavy atom. The average molecular weight is 203 g/mol. The summed E-state index contributed by atoms with van der Waals surface area (Å²) in [7, 11) is 0. The molecule has 0 spiro atoms. The molecule has 0 saturated carbocycles. The van der Waals surface area contributed by atoms with E-state index < -0.39 is 10.5 Å². The van der Waals surface area contributed by atoms with Gasteiger partial charge in [-0.15, -0.1) is 0 Å². The van der Waals surface area contributed by atoms with Crippen LogP contribution < -0.4 is 0 Å². The van der Waals surface area contributed by atoms with E-state index in [0.29, 0.717) is 6.92 Å². The number of rotatable bonds is 0. The van der Waals surface area contributed by atoms with Crippen molar-refractivity contribution in [2.75, 3.05) is 0 Å². The smallest absolute Gasteiger partial charge is 0.212 e. The molecule has 0 radical (unpaired) electrons. The molecule has 6 heteroatoms. The Bertz CT molecular complexity index is 51.1. The van der Waals surface area contributed by atoms with Gasteiger partial charge in [-0.2, -0.15) is 8.78 Å². The second-order valence-corrected chi connectivity index (χ2v) is 2.68. The molecule has 0 aliphatic carbocycles. The van der Waals surface area contributed by atoms with Gasteiger partial charge in [-0.05, 0) is 11.6 Å². The summed E-state index contributed by atoms with van der Waals surface area (Å²) in [6, 6.07) is 0. The highest BCUT2D eigenvalue weighted by atomic mass is 35.5. The summed E-state index contributed by atoms with van der Waals surface area (Å²) in [5.41, 5.74) is 0. The molecule has 9 heavy (non-hydrogen) atoms. The van der Waals surface area contributed by atoms with Gasteiger partial charge in [0.2, 0.25) is 5.09 Å². The van der Waals surface area contributed by atoms with Crippen molar-refractivity contribution in [2.24, 2.45) is 0 Å². The predicted octanol–water partition coefficient (Wildman–Crippen LogP) is 3.56. The lowest BCUT2D eigenvalue weighted by Crippen LogP contribution is -1.92. The van der Waals surface area contributed by atoms with Crippen molar-refractivity contribution < 1.29 is 13.2 Å². The van der Waals surface area contributed by atoms with E-state index >= 15 is 0 Å². The zero-order valence-electron chi connectivity index (χ0n) is 4.35. The van der Waals surface area contributed by atoms with Gasteiger partial charge in [-0.3, -0.25) is 0 Å². The van der Waals surface area contributed by atoms with Crippen molar-refractivity contribution in [3.05, 3.63) is 0 Å². The Morgan fingerprint density at radius 2 is 1.33 bits per heavy atom. The highest BCUT2D eigenvalue weighted by Gasteiger charge is 2.12. The van der Waals surface area contributed by atoms with Crippen LogP contribution in [0.2, 0.25) is 0 Å². The van der Waals surface area contributed by atoms with E-state index in [1.54, 1.807) is 0 Å². The Balaban J connectivity index is 0. The molecule has 0 bridgehead atoms. The first-order chi connectivity index (χ1) is 3.73. The Morgan fingerprint density at radius 3 is 1.33 bits per heavy atom. The average Bonchev–Trinajstić information content (AvgIpc) is 1.19. The molecule has 0 aromatic carbocycles. The van der Waals surface area contributed by atoms with Gasteiger partial charge in [0.05, 0.1) is 0 Å². The first-order valence-electron chi connectivity index (χ1n) is 1.72. The topological polar surface area (TPSA) is 0 Å². The normalized spacial score (nSPS) is 10.7. The maximum atomic E-state index is 10.8. The number of halogens is 6. The number of alkyl halides is 6. The summed E-state index contributed by atoms with van der Waals surface area (Å²) in [6.45, 7) is 0.620. The van der Waals surface area contributed by atoms with Gasteiger partial charge in [0, 0.05) is 6.92 Å². The van der Waals surface area contributed by atoms with E-state index in [2.05, 4.69) is 34.8 Å². The third kappa shape index (κ3) is 882. The molecule has 0 rings (SSSR count). The van der Waals surface area contributed by atoms with E-state index in [-0.39, 0.29) is 0 Å². The standard InChI is InChI=1S/C2H3ClF2.CHCl2F/c1-2(3,4)5;2-1(3)4/h1H3;1H. The van der Waals surface area contributed by atoms with Crippen molar-refractivity contribution in [3.63, 3.8) is 0 Å². The molecule has 0 fully saturated rings. The molecule has 0 N–H and O–H groups in total. The van der Waals surface area contributed by atoms with Crippen LogP contribution in [-0.2, 0) is 0 Å².